The van der Waals surface area contributed by atoms with Gasteiger partial charge in [0.2, 0.25) is 11.8 Å². The number of amides is 2. The predicted molar refractivity (Wildman–Crippen MR) is 95.7 cm³/mol. The third kappa shape index (κ3) is 4.44. The van der Waals surface area contributed by atoms with Crippen LogP contribution in [-0.2, 0) is 16.0 Å². The minimum atomic E-state index is -0.558. The third-order valence-corrected chi connectivity index (χ3v) is 4.44. The van der Waals surface area contributed by atoms with E-state index in [1.807, 2.05) is 48.5 Å². The van der Waals surface area contributed by atoms with Gasteiger partial charge in [0.25, 0.3) is 0 Å². The molecule has 0 spiro atoms. The molecule has 0 bridgehead atoms. The lowest BCUT2D eigenvalue weighted by Gasteiger charge is -2.34. The summed E-state index contributed by atoms with van der Waals surface area (Å²) >= 11 is 0. The highest BCUT2D eigenvalue weighted by Crippen LogP contribution is 2.25. The van der Waals surface area contributed by atoms with Gasteiger partial charge in [-0.25, -0.2) is 0 Å². The Labute approximate surface area is 148 Å². The second-order valence-corrected chi connectivity index (χ2v) is 6.22. The van der Waals surface area contributed by atoms with Crippen molar-refractivity contribution in [2.45, 2.75) is 31.7 Å². The fourth-order valence-electron chi connectivity index (χ4n) is 3.16. The van der Waals surface area contributed by atoms with Crippen LogP contribution in [0.3, 0.4) is 0 Å². The molecular formula is C20H23N3O2. The number of hydrogen-bond acceptors (Lipinski definition) is 3. The first-order chi connectivity index (χ1) is 12.3. The van der Waals surface area contributed by atoms with Crippen LogP contribution >= 0.6 is 0 Å². The van der Waals surface area contributed by atoms with Crippen molar-refractivity contribution in [3.63, 3.8) is 0 Å². The Morgan fingerprint density at radius 3 is 2.64 bits per heavy atom. The van der Waals surface area contributed by atoms with Crippen LogP contribution in [0.15, 0.2) is 54.7 Å². The number of nitrogens with one attached hydrogen (secondary N) is 1. The van der Waals surface area contributed by atoms with Crippen LogP contribution in [0.1, 0.15) is 36.6 Å². The number of rotatable bonds is 6. The van der Waals surface area contributed by atoms with Crippen LogP contribution in [0.25, 0.3) is 0 Å². The monoisotopic (exact) mass is 337 g/mol. The molecule has 1 fully saturated rings. The van der Waals surface area contributed by atoms with Gasteiger partial charge in [0.1, 0.15) is 6.04 Å². The van der Waals surface area contributed by atoms with Crippen LogP contribution in [-0.4, -0.2) is 34.8 Å². The van der Waals surface area contributed by atoms with E-state index in [9.17, 15) is 9.59 Å². The molecule has 1 N–H and O–H groups in total. The zero-order valence-electron chi connectivity index (χ0n) is 14.2. The average molecular weight is 337 g/mol. The fourth-order valence-corrected chi connectivity index (χ4v) is 3.16. The summed E-state index contributed by atoms with van der Waals surface area (Å²) in [5.41, 5.74) is 1.79. The number of pyridine rings is 1. The van der Waals surface area contributed by atoms with E-state index in [1.165, 1.54) is 0 Å². The Bertz CT molecular complexity index is 703. The topological polar surface area (TPSA) is 62.3 Å². The largest absolute Gasteiger partial charge is 0.354 e. The number of aromatic nitrogens is 1. The smallest absolute Gasteiger partial charge is 0.247 e. The first-order valence-electron chi connectivity index (χ1n) is 8.78. The highest BCUT2D eigenvalue weighted by molar-refractivity contribution is 5.89. The Morgan fingerprint density at radius 1 is 1.12 bits per heavy atom. The summed E-state index contributed by atoms with van der Waals surface area (Å²) in [6.45, 7) is 1.13. The van der Waals surface area contributed by atoms with Crippen molar-refractivity contribution >= 4 is 11.8 Å². The first-order valence-corrected chi connectivity index (χ1v) is 8.78. The standard InChI is InChI=1S/C20H23N3O2/c24-18-11-5-7-15-23(18)19(16-8-2-1-3-9-16)20(25)22-14-12-17-10-4-6-13-21-17/h1-4,6,8-10,13,19H,5,7,11-12,14-15H2,(H,22,25)/t19-/m1/s1. The summed E-state index contributed by atoms with van der Waals surface area (Å²) in [4.78, 5) is 31.2. The number of carbonyl (C=O) groups is 2. The van der Waals surface area contributed by atoms with Crippen LogP contribution in [0.2, 0.25) is 0 Å². The van der Waals surface area contributed by atoms with E-state index in [2.05, 4.69) is 10.3 Å². The number of piperidine rings is 1. The minimum Gasteiger partial charge on any atom is -0.354 e. The number of likely N-dealkylation sites (tertiary alicyclic amines) is 1. The van der Waals surface area contributed by atoms with Crippen molar-refractivity contribution < 1.29 is 9.59 Å². The molecule has 5 heteroatoms. The van der Waals surface area contributed by atoms with Crippen molar-refractivity contribution in [1.29, 1.82) is 0 Å². The van der Waals surface area contributed by atoms with Crippen molar-refractivity contribution in [3.05, 3.63) is 66.0 Å². The van der Waals surface area contributed by atoms with E-state index in [4.69, 9.17) is 0 Å². The van der Waals surface area contributed by atoms with E-state index in [-0.39, 0.29) is 11.8 Å². The second-order valence-electron chi connectivity index (χ2n) is 6.22. The molecule has 2 heterocycles. The van der Waals surface area contributed by atoms with Gasteiger partial charge in [-0.2, -0.15) is 0 Å². The summed E-state index contributed by atoms with van der Waals surface area (Å²) in [7, 11) is 0. The molecule has 2 amide bonds. The molecule has 1 aromatic heterocycles. The quantitative estimate of drug-likeness (QED) is 0.881. The second kappa shape index (κ2) is 8.42. The molecule has 1 aliphatic heterocycles. The Hall–Kier alpha value is -2.69. The molecule has 1 aliphatic rings. The molecule has 1 aromatic carbocycles. The van der Waals surface area contributed by atoms with E-state index in [0.717, 1.165) is 24.1 Å². The van der Waals surface area contributed by atoms with Gasteiger partial charge >= 0.3 is 0 Å². The maximum Gasteiger partial charge on any atom is 0.247 e. The summed E-state index contributed by atoms with van der Waals surface area (Å²) < 4.78 is 0. The van der Waals surface area contributed by atoms with Crippen molar-refractivity contribution in [2.75, 3.05) is 13.1 Å². The van der Waals surface area contributed by atoms with Crippen LogP contribution in [0.4, 0.5) is 0 Å². The summed E-state index contributed by atoms with van der Waals surface area (Å²) in [5, 5.41) is 2.97. The van der Waals surface area contributed by atoms with Gasteiger partial charge in [-0.15, -0.1) is 0 Å². The van der Waals surface area contributed by atoms with Crippen molar-refractivity contribution in [1.82, 2.24) is 15.2 Å². The molecule has 1 atom stereocenters. The Morgan fingerprint density at radius 2 is 1.92 bits per heavy atom. The third-order valence-electron chi connectivity index (χ3n) is 4.44. The minimum absolute atomic E-state index is 0.0555. The first kappa shape index (κ1) is 17.1. The molecule has 1 saturated heterocycles. The molecule has 2 aromatic rings. The van der Waals surface area contributed by atoms with Gasteiger partial charge < -0.3 is 10.2 Å². The van der Waals surface area contributed by atoms with E-state index < -0.39 is 6.04 Å². The number of benzene rings is 1. The van der Waals surface area contributed by atoms with E-state index >= 15 is 0 Å². The zero-order chi connectivity index (χ0) is 17.5. The average Bonchev–Trinajstić information content (AvgIpc) is 2.65. The SMILES string of the molecule is O=C(NCCc1ccccn1)[C@@H](c1ccccc1)N1CCCCC1=O. The number of hydrogen-bond donors (Lipinski definition) is 1. The van der Waals surface area contributed by atoms with Crippen molar-refractivity contribution in [3.8, 4) is 0 Å². The van der Waals surface area contributed by atoms with E-state index in [1.54, 1.807) is 11.1 Å². The summed E-state index contributed by atoms with van der Waals surface area (Å²) in [6.07, 6.45) is 4.78. The van der Waals surface area contributed by atoms with Gasteiger partial charge in [0.15, 0.2) is 0 Å². The molecule has 0 radical (unpaired) electrons. The lowest BCUT2D eigenvalue weighted by molar-refractivity contribution is -0.142. The molecule has 0 aliphatic carbocycles. The maximum atomic E-state index is 12.9. The van der Waals surface area contributed by atoms with Gasteiger partial charge in [-0.1, -0.05) is 36.4 Å². The molecule has 0 saturated carbocycles. The number of nitrogens with zero attached hydrogens (tertiary/aromatic N) is 2. The molecule has 0 unspecified atom stereocenters. The van der Waals surface area contributed by atoms with Gasteiger partial charge in [0, 0.05) is 37.8 Å². The van der Waals surface area contributed by atoms with E-state index in [0.29, 0.717) is 25.9 Å². The maximum absolute atomic E-state index is 12.9. The highest BCUT2D eigenvalue weighted by Gasteiger charge is 2.32. The molecule has 3 rings (SSSR count). The lowest BCUT2D eigenvalue weighted by atomic mass is 10.0. The molecular weight excluding hydrogens is 314 g/mol. The Balaban J connectivity index is 1.70. The molecule has 130 valence electrons. The van der Waals surface area contributed by atoms with Crippen LogP contribution in [0.5, 0.6) is 0 Å². The van der Waals surface area contributed by atoms with Gasteiger partial charge in [-0.3, -0.25) is 14.6 Å². The fraction of sp³-hybridized carbons (Fsp3) is 0.350. The lowest BCUT2D eigenvalue weighted by Crippen LogP contribution is -2.46. The summed E-state index contributed by atoms with van der Waals surface area (Å²) in [5.74, 6) is -0.0719. The predicted octanol–water partition coefficient (Wildman–Crippen LogP) is 2.49. The zero-order valence-corrected chi connectivity index (χ0v) is 14.2. The molecule has 25 heavy (non-hydrogen) atoms. The Kier molecular flexibility index (Phi) is 5.77. The van der Waals surface area contributed by atoms with Crippen molar-refractivity contribution in [2.24, 2.45) is 0 Å². The number of carbonyl (C=O) groups excluding carboxylic acids is 2. The van der Waals surface area contributed by atoms with Crippen LogP contribution in [0, 0.1) is 0 Å². The van der Waals surface area contributed by atoms with Gasteiger partial charge in [0.05, 0.1) is 0 Å². The highest BCUT2D eigenvalue weighted by atomic mass is 16.2. The summed E-state index contributed by atoms with van der Waals surface area (Å²) in [6, 6.07) is 14.7. The van der Waals surface area contributed by atoms with Gasteiger partial charge in [-0.05, 0) is 30.5 Å². The van der Waals surface area contributed by atoms with Crippen LogP contribution < -0.4 is 5.32 Å². The normalized spacial score (nSPS) is 15.7. The molecule has 5 nitrogen and oxygen atoms in total.